The maximum Gasteiger partial charge on any atom is 0 e. The fraction of sp³-hybridized carbons (Fsp3) is 0.900. The molecule has 0 fully saturated rings. The van der Waals surface area contributed by atoms with Gasteiger partial charge in [-0.3, -0.25) is 0 Å². The summed E-state index contributed by atoms with van der Waals surface area (Å²) in [6.45, 7) is 8.40. The van der Waals surface area contributed by atoms with Crippen molar-refractivity contribution in [3.63, 3.8) is 0 Å². The summed E-state index contributed by atoms with van der Waals surface area (Å²) in [5.74, 6) is 0.889. The minimum Gasteiger partial charge on any atom is -0.343 e. The summed E-state index contributed by atoms with van der Waals surface area (Å²) in [7, 11) is 0. The molecule has 0 radical (unpaired) electrons. The van der Waals surface area contributed by atoms with Gasteiger partial charge in [0.05, 0.1) is 0 Å². The Labute approximate surface area is 90.9 Å². The first-order valence-corrected chi connectivity index (χ1v) is 4.56. The third-order valence-electron chi connectivity index (χ3n) is 1.78. The van der Waals surface area contributed by atoms with Crippen LogP contribution in [0.25, 0.3) is 0 Å². The Bertz CT molecular complexity index is 59.9. The molecule has 66 valence electrons. The molecule has 0 aliphatic heterocycles. The molecule has 0 unspecified atom stereocenters. The Hall–Kier alpha value is 0.870. The van der Waals surface area contributed by atoms with Crippen LogP contribution in [0.15, 0.2) is 0 Å². The molecule has 0 aromatic rings. The topological polar surface area (TPSA) is 0 Å². The molecule has 0 rings (SSSR count). The minimum atomic E-state index is 0. The van der Waals surface area contributed by atoms with E-state index in [0.29, 0.717) is 0 Å². The molecule has 0 atom stereocenters. The van der Waals surface area contributed by atoms with Crippen LogP contribution >= 0.6 is 0 Å². The van der Waals surface area contributed by atoms with E-state index < -0.39 is 0 Å². The van der Waals surface area contributed by atoms with Gasteiger partial charge in [0.1, 0.15) is 0 Å². The average molecular weight is 320 g/mol. The van der Waals surface area contributed by atoms with E-state index in [-0.39, 0.29) is 25.8 Å². The number of hydrogen-bond acceptors (Lipinski definition) is 0. The van der Waals surface area contributed by atoms with Crippen LogP contribution in [0.2, 0.25) is 0 Å². The van der Waals surface area contributed by atoms with E-state index in [2.05, 4.69) is 20.8 Å². The van der Waals surface area contributed by atoms with Gasteiger partial charge in [0.25, 0.3) is 0 Å². The second-order valence-corrected chi connectivity index (χ2v) is 3.45. The van der Waals surface area contributed by atoms with E-state index in [4.69, 9.17) is 0 Å². The van der Waals surface area contributed by atoms with Crippen LogP contribution in [0.1, 0.15) is 52.4 Å². The number of unbranched alkanes of at least 4 members (excludes halogenated alkanes) is 4. The van der Waals surface area contributed by atoms with E-state index >= 15 is 0 Å². The van der Waals surface area contributed by atoms with Crippen LogP contribution in [0.4, 0.5) is 0 Å². The van der Waals surface area contributed by atoms with Gasteiger partial charge in [-0.2, -0.15) is 6.42 Å². The van der Waals surface area contributed by atoms with Gasteiger partial charge in [0.15, 0.2) is 0 Å². The van der Waals surface area contributed by atoms with Crippen LogP contribution in [-0.4, -0.2) is 0 Å². The largest absolute Gasteiger partial charge is 0.343 e. The second kappa shape index (κ2) is 10.9. The van der Waals surface area contributed by atoms with E-state index in [1.54, 1.807) is 0 Å². The van der Waals surface area contributed by atoms with Crippen LogP contribution in [0.5, 0.6) is 0 Å². The van der Waals surface area contributed by atoms with Gasteiger partial charge >= 0.3 is 0 Å². The third-order valence-corrected chi connectivity index (χ3v) is 1.78. The van der Waals surface area contributed by atoms with Gasteiger partial charge in [0, 0.05) is 25.8 Å². The molecular formula is C10H21Hf-. The monoisotopic (exact) mass is 321 g/mol. The Kier molecular flexibility index (Phi) is 14.2. The third kappa shape index (κ3) is 13.8. The Morgan fingerprint density at radius 3 is 2.00 bits per heavy atom. The summed E-state index contributed by atoms with van der Waals surface area (Å²) < 4.78 is 0. The zero-order valence-corrected chi connectivity index (χ0v) is 11.6. The summed E-state index contributed by atoms with van der Waals surface area (Å²) in [5.41, 5.74) is 0. The van der Waals surface area contributed by atoms with Crippen molar-refractivity contribution in [3.8, 4) is 0 Å². The van der Waals surface area contributed by atoms with E-state index in [0.717, 1.165) is 12.3 Å². The molecule has 0 N–H and O–H groups in total. The molecule has 0 nitrogen and oxygen atoms in total. The molecule has 11 heavy (non-hydrogen) atoms. The van der Waals surface area contributed by atoms with Crippen molar-refractivity contribution < 1.29 is 25.8 Å². The molecule has 0 saturated carbocycles. The van der Waals surface area contributed by atoms with Crippen molar-refractivity contribution in [2.45, 2.75) is 52.4 Å². The standard InChI is InChI=1S/C10H21.Hf/c1-4-5-6-7-8-9-10(2)3;/h10H,1,4-9H2,2-3H3;/q-1;. The average Bonchev–Trinajstić information content (AvgIpc) is 1.87. The van der Waals surface area contributed by atoms with Gasteiger partial charge in [-0.1, -0.05) is 46.0 Å². The summed E-state index contributed by atoms with van der Waals surface area (Å²) in [6, 6.07) is 0. The van der Waals surface area contributed by atoms with E-state index in [1.165, 1.54) is 32.1 Å². The molecule has 0 spiro atoms. The van der Waals surface area contributed by atoms with Crippen molar-refractivity contribution >= 4 is 0 Å². The van der Waals surface area contributed by atoms with Crippen molar-refractivity contribution in [3.05, 3.63) is 6.92 Å². The molecule has 0 saturated heterocycles. The van der Waals surface area contributed by atoms with Crippen molar-refractivity contribution in [2.24, 2.45) is 5.92 Å². The van der Waals surface area contributed by atoms with Crippen LogP contribution in [-0.2, 0) is 25.8 Å². The summed E-state index contributed by atoms with van der Waals surface area (Å²) in [6.07, 6.45) is 8.04. The molecule has 0 aliphatic rings. The van der Waals surface area contributed by atoms with Crippen LogP contribution < -0.4 is 0 Å². The second-order valence-electron chi connectivity index (χ2n) is 3.45. The predicted molar refractivity (Wildman–Crippen MR) is 47.9 cm³/mol. The first-order chi connectivity index (χ1) is 4.77. The molecule has 0 aromatic carbocycles. The van der Waals surface area contributed by atoms with Gasteiger partial charge in [-0.25, -0.2) is 0 Å². The van der Waals surface area contributed by atoms with Crippen molar-refractivity contribution in [1.82, 2.24) is 0 Å². The zero-order valence-electron chi connectivity index (χ0n) is 8.03. The maximum absolute atomic E-state index is 3.82. The number of hydrogen-bond donors (Lipinski definition) is 0. The summed E-state index contributed by atoms with van der Waals surface area (Å²) in [5, 5.41) is 0. The molecule has 1 heteroatoms. The SMILES string of the molecule is [CH2-]CCCCCCC(C)C.[Hf]. The Morgan fingerprint density at radius 1 is 1.00 bits per heavy atom. The Morgan fingerprint density at radius 2 is 1.55 bits per heavy atom. The summed E-state index contributed by atoms with van der Waals surface area (Å²) >= 11 is 0. The van der Waals surface area contributed by atoms with Gasteiger partial charge in [-0.15, -0.1) is 0 Å². The molecule has 0 amide bonds. The van der Waals surface area contributed by atoms with E-state index in [1.807, 2.05) is 0 Å². The quantitative estimate of drug-likeness (QED) is 0.397. The fourth-order valence-corrected chi connectivity index (χ4v) is 1.08. The normalized spacial score (nSPS) is 9.82. The van der Waals surface area contributed by atoms with Gasteiger partial charge in [-0.05, 0) is 5.92 Å². The van der Waals surface area contributed by atoms with Crippen molar-refractivity contribution in [1.29, 1.82) is 0 Å². The minimum absolute atomic E-state index is 0. The molecule has 0 bridgehead atoms. The van der Waals surface area contributed by atoms with Crippen LogP contribution in [0, 0.1) is 12.8 Å². The fourth-order valence-electron chi connectivity index (χ4n) is 1.08. The zero-order chi connectivity index (χ0) is 7.82. The first kappa shape index (κ1) is 14.4. The predicted octanol–water partition coefficient (Wildman–Crippen LogP) is 3.81. The molecule has 0 heterocycles. The molecule has 0 aliphatic carbocycles. The maximum atomic E-state index is 3.82. The number of rotatable bonds is 6. The smallest absolute Gasteiger partial charge is 0 e. The van der Waals surface area contributed by atoms with Crippen molar-refractivity contribution in [2.75, 3.05) is 0 Å². The molecule has 0 aromatic heterocycles. The van der Waals surface area contributed by atoms with E-state index in [9.17, 15) is 0 Å². The first-order valence-electron chi connectivity index (χ1n) is 4.56. The van der Waals surface area contributed by atoms with Gasteiger partial charge < -0.3 is 6.92 Å². The van der Waals surface area contributed by atoms with Gasteiger partial charge in [0.2, 0.25) is 0 Å². The Balaban J connectivity index is 0. The van der Waals surface area contributed by atoms with Crippen LogP contribution in [0.3, 0.4) is 0 Å². The molecular weight excluding hydrogens is 299 g/mol. The summed E-state index contributed by atoms with van der Waals surface area (Å²) in [4.78, 5) is 0.